The number of halogens is 3. The molecule has 0 unspecified atom stereocenters. The molecule has 0 aromatic heterocycles. The van der Waals surface area contributed by atoms with E-state index in [1.54, 1.807) is 0 Å². The maximum Gasteiger partial charge on any atom is 0.313 e. The van der Waals surface area contributed by atoms with Gasteiger partial charge in [0.05, 0.1) is 0 Å². The second-order valence-corrected chi connectivity index (χ2v) is 3.25. The number of benzene rings is 1. The van der Waals surface area contributed by atoms with E-state index in [2.05, 4.69) is 5.32 Å². The van der Waals surface area contributed by atoms with Crippen LogP contribution in [0.25, 0.3) is 0 Å². The number of carbonyl (C=O) groups is 2. The van der Waals surface area contributed by atoms with Gasteiger partial charge >= 0.3 is 11.8 Å². The summed E-state index contributed by atoms with van der Waals surface area (Å²) in [4.78, 5) is 22.3. The normalized spacial score (nSPS) is 10.0. The lowest BCUT2D eigenvalue weighted by molar-refractivity contribution is -0.136. The predicted octanol–water partition coefficient (Wildman–Crippen LogP) is 0.117. The van der Waals surface area contributed by atoms with Crippen molar-refractivity contribution >= 4 is 17.5 Å². The Morgan fingerprint density at radius 1 is 1.11 bits per heavy atom. The van der Waals surface area contributed by atoms with Gasteiger partial charge in [0.15, 0.2) is 17.5 Å². The van der Waals surface area contributed by atoms with Crippen molar-refractivity contribution in [3.05, 3.63) is 29.6 Å². The summed E-state index contributed by atoms with van der Waals surface area (Å²) >= 11 is 0. The van der Waals surface area contributed by atoms with E-state index in [9.17, 15) is 22.8 Å². The number of anilines is 1. The molecule has 2 amide bonds. The summed E-state index contributed by atoms with van der Waals surface area (Å²) in [5, 5.41) is 4.08. The molecule has 0 aliphatic heterocycles. The Hall–Kier alpha value is -2.09. The highest BCUT2D eigenvalue weighted by Gasteiger charge is 2.16. The van der Waals surface area contributed by atoms with Crippen LogP contribution >= 0.6 is 0 Å². The highest BCUT2D eigenvalue weighted by atomic mass is 19.2. The Bertz CT molecular complexity index is 456. The lowest BCUT2D eigenvalue weighted by Gasteiger charge is -2.06. The molecule has 0 saturated carbocycles. The second-order valence-electron chi connectivity index (χ2n) is 3.25. The molecule has 1 rings (SSSR count). The fraction of sp³-hybridized carbons (Fsp3) is 0.200. The summed E-state index contributed by atoms with van der Waals surface area (Å²) < 4.78 is 38.2. The third kappa shape index (κ3) is 3.45. The molecule has 0 bridgehead atoms. The van der Waals surface area contributed by atoms with Crippen LogP contribution < -0.4 is 16.4 Å². The molecule has 0 spiro atoms. The molecule has 5 nitrogen and oxygen atoms in total. The summed E-state index contributed by atoms with van der Waals surface area (Å²) in [6.07, 6.45) is 0. The Labute approximate surface area is 100 Å². The minimum Gasteiger partial charge on any atom is -0.347 e. The van der Waals surface area contributed by atoms with E-state index in [1.165, 1.54) is 0 Å². The van der Waals surface area contributed by atoms with Gasteiger partial charge in [0.1, 0.15) is 0 Å². The summed E-state index contributed by atoms with van der Waals surface area (Å²) in [5.74, 6) is -6.72. The fourth-order valence-corrected chi connectivity index (χ4v) is 1.08. The molecular weight excluding hydrogens is 251 g/mol. The zero-order valence-electron chi connectivity index (χ0n) is 9.10. The van der Waals surface area contributed by atoms with Crippen LogP contribution in [0.1, 0.15) is 0 Å². The van der Waals surface area contributed by atoms with Crippen LogP contribution in [0.15, 0.2) is 12.1 Å². The summed E-state index contributed by atoms with van der Waals surface area (Å²) in [6, 6.07) is 1.12. The van der Waals surface area contributed by atoms with Crippen molar-refractivity contribution in [1.29, 1.82) is 0 Å². The van der Waals surface area contributed by atoms with Crippen molar-refractivity contribution in [2.45, 2.75) is 0 Å². The van der Waals surface area contributed by atoms with E-state index in [0.29, 0.717) is 12.1 Å². The number of carbonyl (C=O) groups excluding carboxylic acids is 2. The minimum atomic E-state index is -1.65. The topological polar surface area (TPSA) is 84.2 Å². The highest BCUT2D eigenvalue weighted by molar-refractivity contribution is 6.39. The molecule has 1 aromatic rings. The third-order valence-electron chi connectivity index (χ3n) is 1.88. The van der Waals surface area contributed by atoms with Gasteiger partial charge in [-0.1, -0.05) is 0 Å². The van der Waals surface area contributed by atoms with Crippen LogP contribution in [-0.4, -0.2) is 24.9 Å². The number of hydrogen-bond acceptors (Lipinski definition) is 3. The third-order valence-corrected chi connectivity index (χ3v) is 1.88. The van der Waals surface area contributed by atoms with Gasteiger partial charge in [-0.2, -0.15) is 0 Å². The maximum atomic E-state index is 12.8. The standard InChI is InChI=1S/C10H10F3N3O2/c11-6-3-5(4-7(12)8(6)13)16-10(18)9(17)15-2-1-14/h3-4H,1-2,14H2,(H,15,17)(H,16,18). The van der Waals surface area contributed by atoms with Crippen LogP contribution in [0.2, 0.25) is 0 Å². The number of amides is 2. The number of rotatable bonds is 3. The Morgan fingerprint density at radius 2 is 1.67 bits per heavy atom. The van der Waals surface area contributed by atoms with E-state index >= 15 is 0 Å². The molecule has 0 aliphatic rings. The van der Waals surface area contributed by atoms with E-state index in [4.69, 9.17) is 5.73 Å². The van der Waals surface area contributed by atoms with Crippen molar-refractivity contribution in [3.8, 4) is 0 Å². The van der Waals surface area contributed by atoms with Crippen LogP contribution in [-0.2, 0) is 9.59 Å². The van der Waals surface area contributed by atoms with Crippen molar-refractivity contribution in [2.75, 3.05) is 18.4 Å². The molecule has 0 saturated heterocycles. The monoisotopic (exact) mass is 261 g/mol. The molecule has 1 aromatic carbocycles. The van der Waals surface area contributed by atoms with Gasteiger partial charge < -0.3 is 16.4 Å². The highest BCUT2D eigenvalue weighted by Crippen LogP contribution is 2.17. The number of nitrogens with two attached hydrogens (primary N) is 1. The van der Waals surface area contributed by atoms with Gasteiger partial charge in [-0.15, -0.1) is 0 Å². The van der Waals surface area contributed by atoms with Crippen LogP contribution in [0, 0.1) is 17.5 Å². The van der Waals surface area contributed by atoms with Gasteiger partial charge in [0.2, 0.25) is 0 Å². The first-order valence-electron chi connectivity index (χ1n) is 4.89. The van der Waals surface area contributed by atoms with E-state index in [-0.39, 0.29) is 18.8 Å². The average Bonchev–Trinajstić information content (AvgIpc) is 2.32. The number of hydrogen-bond donors (Lipinski definition) is 3. The average molecular weight is 261 g/mol. The van der Waals surface area contributed by atoms with E-state index in [0.717, 1.165) is 0 Å². The molecule has 0 aliphatic carbocycles. The number of nitrogens with one attached hydrogen (secondary N) is 2. The van der Waals surface area contributed by atoms with Crippen LogP contribution in [0.3, 0.4) is 0 Å². The van der Waals surface area contributed by atoms with Gasteiger partial charge in [-0.05, 0) is 0 Å². The fourth-order valence-electron chi connectivity index (χ4n) is 1.08. The lowest BCUT2D eigenvalue weighted by Crippen LogP contribution is -2.38. The van der Waals surface area contributed by atoms with Gasteiger partial charge in [0.25, 0.3) is 0 Å². The first-order valence-corrected chi connectivity index (χ1v) is 4.89. The van der Waals surface area contributed by atoms with Crippen LogP contribution in [0.4, 0.5) is 18.9 Å². The lowest BCUT2D eigenvalue weighted by atomic mass is 10.3. The molecular formula is C10H10F3N3O2. The molecule has 18 heavy (non-hydrogen) atoms. The zero-order chi connectivity index (χ0) is 13.7. The quantitative estimate of drug-likeness (QED) is 0.533. The van der Waals surface area contributed by atoms with Gasteiger partial charge in [-0.25, -0.2) is 13.2 Å². The molecule has 8 heteroatoms. The first kappa shape index (κ1) is 14.0. The predicted molar refractivity (Wildman–Crippen MR) is 57.0 cm³/mol. The minimum absolute atomic E-state index is 0.0817. The Kier molecular flexibility index (Phi) is 4.67. The summed E-state index contributed by atoms with van der Waals surface area (Å²) in [5.41, 5.74) is 4.74. The molecule has 0 fully saturated rings. The molecule has 0 heterocycles. The van der Waals surface area contributed by atoms with Gasteiger partial charge in [0, 0.05) is 30.9 Å². The largest absolute Gasteiger partial charge is 0.347 e. The smallest absolute Gasteiger partial charge is 0.313 e. The zero-order valence-corrected chi connectivity index (χ0v) is 9.10. The van der Waals surface area contributed by atoms with E-state index in [1.807, 2.05) is 5.32 Å². The van der Waals surface area contributed by atoms with E-state index < -0.39 is 29.3 Å². The SMILES string of the molecule is NCCNC(=O)C(=O)Nc1cc(F)c(F)c(F)c1. The summed E-state index contributed by atoms with van der Waals surface area (Å²) in [7, 11) is 0. The summed E-state index contributed by atoms with van der Waals surface area (Å²) in [6.45, 7) is 0.219. The maximum absolute atomic E-state index is 12.8. The van der Waals surface area contributed by atoms with Crippen molar-refractivity contribution in [1.82, 2.24) is 5.32 Å². The molecule has 4 N–H and O–H groups in total. The molecule has 0 atom stereocenters. The van der Waals surface area contributed by atoms with Gasteiger partial charge in [-0.3, -0.25) is 9.59 Å². The Morgan fingerprint density at radius 3 is 2.17 bits per heavy atom. The van der Waals surface area contributed by atoms with Crippen LogP contribution in [0.5, 0.6) is 0 Å². The second kappa shape index (κ2) is 6.01. The first-order chi connectivity index (χ1) is 8.45. The van der Waals surface area contributed by atoms with Crippen molar-refractivity contribution in [3.63, 3.8) is 0 Å². The Balaban J connectivity index is 2.73. The van der Waals surface area contributed by atoms with Crippen molar-refractivity contribution < 1.29 is 22.8 Å². The molecule has 0 radical (unpaired) electrons. The molecule has 98 valence electrons. The van der Waals surface area contributed by atoms with Crippen molar-refractivity contribution in [2.24, 2.45) is 5.73 Å².